The molecule has 2 aliphatic rings. The summed E-state index contributed by atoms with van der Waals surface area (Å²) >= 11 is 0. The molecular weight excluding hydrogens is 356 g/mol. The van der Waals surface area contributed by atoms with Crippen molar-refractivity contribution in [1.82, 2.24) is 15.1 Å². The third-order valence-corrected chi connectivity index (χ3v) is 5.18. The van der Waals surface area contributed by atoms with Crippen LogP contribution >= 0.6 is 0 Å². The maximum atomic E-state index is 12.1. The zero-order valence-corrected chi connectivity index (χ0v) is 15.9. The Kier molecular flexibility index (Phi) is 6.76. The van der Waals surface area contributed by atoms with Crippen molar-refractivity contribution < 1.29 is 14.6 Å². The Morgan fingerprint density at radius 1 is 1.29 bits per heavy atom. The number of likely N-dealkylation sites (tertiary alicyclic amines) is 2. The van der Waals surface area contributed by atoms with Gasteiger partial charge in [-0.1, -0.05) is 5.92 Å². The van der Waals surface area contributed by atoms with Crippen LogP contribution in [0.25, 0.3) is 0 Å². The molecule has 0 aliphatic carbocycles. The van der Waals surface area contributed by atoms with Crippen LogP contribution in [0.15, 0.2) is 24.3 Å². The molecular formula is C21H26N4O3. The van der Waals surface area contributed by atoms with Crippen LogP contribution < -0.4 is 10.1 Å². The summed E-state index contributed by atoms with van der Waals surface area (Å²) in [6.45, 7) is 4.18. The molecule has 3 atom stereocenters. The predicted octanol–water partition coefficient (Wildman–Crippen LogP) is 0.894. The third-order valence-electron chi connectivity index (χ3n) is 5.18. The fourth-order valence-electron chi connectivity index (χ4n) is 4.11. The largest absolute Gasteiger partial charge is 0.491 e. The van der Waals surface area contributed by atoms with E-state index in [0.717, 1.165) is 32.6 Å². The van der Waals surface area contributed by atoms with E-state index >= 15 is 0 Å². The van der Waals surface area contributed by atoms with Crippen LogP contribution in [0.1, 0.15) is 12.0 Å². The first-order valence-electron chi connectivity index (χ1n) is 9.57. The van der Waals surface area contributed by atoms with Crippen LogP contribution in [0.5, 0.6) is 5.75 Å². The number of aliphatic hydroxyl groups is 1. The van der Waals surface area contributed by atoms with Crippen LogP contribution in [0.4, 0.5) is 4.79 Å². The molecule has 0 spiro atoms. The first-order chi connectivity index (χ1) is 13.6. The number of nitriles is 1. The standard InChI is InChI=1S/C21H26N4O3/c1-2-7-23-21(27)25-12-17-8-18(13-25)11-24(10-17)14-19(26)15-28-20-5-3-16(9-22)4-6-20/h1,3-6,17-19,26H,7-8,10-15H2,(H,23,27)/t17?,18?,19-/m1/s1. The Morgan fingerprint density at radius 2 is 1.96 bits per heavy atom. The maximum Gasteiger partial charge on any atom is 0.318 e. The Hall–Kier alpha value is -2.74. The molecule has 2 aliphatic heterocycles. The van der Waals surface area contributed by atoms with E-state index in [4.69, 9.17) is 16.4 Å². The molecule has 148 valence electrons. The molecule has 1 aromatic carbocycles. The van der Waals surface area contributed by atoms with E-state index in [9.17, 15) is 9.90 Å². The highest BCUT2D eigenvalue weighted by Crippen LogP contribution is 2.28. The summed E-state index contributed by atoms with van der Waals surface area (Å²) in [5, 5.41) is 21.9. The van der Waals surface area contributed by atoms with E-state index in [1.807, 2.05) is 4.90 Å². The number of ether oxygens (including phenoxy) is 1. The summed E-state index contributed by atoms with van der Waals surface area (Å²) < 4.78 is 5.63. The number of aliphatic hydroxyl groups excluding tert-OH is 1. The van der Waals surface area contributed by atoms with Gasteiger partial charge in [-0.25, -0.2) is 4.79 Å². The van der Waals surface area contributed by atoms with Gasteiger partial charge in [0.15, 0.2) is 0 Å². The SMILES string of the molecule is C#CCNC(=O)N1CC2CC(CN(C[C@@H](O)COc3ccc(C#N)cc3)C2)C1. The number of hydrogen-bond acceptors (Lipinski definition) is 5. The Morgan fingerprint density at radius 3 is 2.57 bits per heavy atom. The van der Waals surface area contributed by atoms with Crippen molar-refractivity contribution in [3.8, 4) is 24.2 Å². The number of fused-ring (bicyclic) bond motifs is 2. The molecule has 2 saturated heterocycles. The molecule has 7 heteroatoms. The molecule has 2 bridgehead atoms. The van der Waals surface area contributed by atoms with Crippen molar-refractivity contribution in [2.45, 2.75) is 12.5 Å². The number of β-amino-alcohol motifs (C(OH)–C–C–N with tert-alkyl or cyclic N) is 1. The molecule has 2 amide bonds. The second-order valence-corrected chi connectivity index (χ2v) is 7.56. The second-order valence-electron chi connectivity index (χ2n) is 7.56. The molecule has 0 radical (unpaired) electrons. The maximum absolute atomic E-state index is 12.1. The Bertz CT molecular complexity index is 738. The van der Waals surface area contributed by atoms with Crippen LogP contribution in [-0.2, 0) is 0 Å². The van der Waals surface area contributed by atoms with Gasteiger partial charge in [-0.3, -0.25) is 4.90 Å². The molecule has 2 unspecified atom stereocenters. The highest BCUT2D eigenvalue weighted by molar-refractivity contribution is 5.74. The number of hydrogen-bond donors (Lipinski definition) is 2. The molecule has 0 aromatic heterocycles. The van der Waals surface area contributed by atoms with E-state index in [1.165, 1.54) is 0 Å². The second kappa shape index (κ2) is 9.45. The number of rotatable bonds is 6. The van der Waals surface area contributed by atoms with Crippen LogP contribution in [0.3, 0.4) is 0 Å². The van der Waals surface area contributed by atoms with Crippen molar-refractivity contribution in [2.75, 3.05) is 45.9 Å². The van der Waals surface area contributed by atoms with Gasteiger partial charge in [-0.15, -0.1) is 6.42 Å². The van der Waals surface area contributed by atoms with E-state index in [0.29, 0.717) is 29.7 Å². The lowest BCUT2D eigenvalue weighted by Gasteiger charge is -2.46. The quantitative estimate of drug-likeness (QED) is 0.714. The van der Waals surface area contributed by atoms with Crippen LogP contribution in [0, 0.1) is 35.5 Å². The van der Waals surface area contributed by atoms with Crippen molar-refractivity contribution in [3.63, 3.8) is 0 Å². The average Bonchev–Trinajstić information content (AvgIpc) is 2.70. The van der Waals surface area contributed by atoms with Gasteiger partial charge in [-0.05, 0) is 42.5 Å². The monoisotopic (exact) mass is 382 g/mol. The average molecular weight is 382 g/mol. The highest BCUT2D eigenvalue weighted by atomic mass is 16.5. The minimum absolute atomic E-state index is 0.0862. The smallest absolute Gasteiger partial charge is 0.318 e. The van der Waals surface area contributed by atoms with Crippen LogP contribution in [0.2, 0.25) is 0 Å². The lowest BCUT2D eigenvalue weighted by molar-refractivity contribution is 0.00930. The lowest BCUT2D eigenvalue weighted by Crippen LogP contribution is -2.57. The number of nitrogens with zero attached hydrogens (tertiary/aromatic N) is 3. The number of carbonyl (C=O) groups is 1. The molecule has 2 heterocycles. The lowest BCUT2D eigenvalue weighted by atomic mass is 9.84. The summed E-state index contributed by atoms with van der Waals surface area (Å²) in [5.74, 6) is 3.89. The van der Waals surface area contributed by atoms with E-state index in [1.54, 1.807) is 24.3 Å². The van der Waals surface area contributed by atoms with Crippen molar-refractivity contribution >= 4 is 6.03 Å². The van der Waals surface area contributed by atoms with Gasteiger partial charge >= 0.3 is 6.03 Å². The minimum atomic E-state index is -0.593. The molecule has 1 aromatic rings. The van der Waals surface area contributed by atoms with E-state index in [-0.39, 0.29) is 19.2 Å². The molecule has 7 nitrogen and oxygen atoms in total. The van der Waals surface area contributed by atoms with Gasteiger partial charge in [0.25, 0.3) is 0 Å². The first kappa shape index (κ1) is 20.0. The highest BCUT2D eigenvalue weighted by Gasteiger charge is 2.36. The zero-order chi connectivity index (χ0) is 19.9. The Balaban J connectivity index is 1.43. The molecule has 3 rings (SSSR count). The summed E-state index contributed by atoms with van der Waals surface area (Å²) in [4.78, 5) is 16.3. The zero-order valence-electron chi connectivity index (χ0n) is 15.9. The topological polar surface area (TPSA) is 88.8 Å². The van der Waals surface area contributed by atoms with Gasteiger partial charge < -0.3 is 20.1 Å². The molecule has 28 heavy (non-hydrogen) atoms. The van der Waals surface area contributed by atoms with E-state index in [2.05, 4.69) is 22.2 Å². The summed E-state index contributed by atoms with van der Waals surface area (Å²) in [5.41, 5.74) is 0.578. The number of piperidine rings is 2. The van der Waals surface area contributed by atoms with Gasteiger partial charge in [0.05, 0.1) is 18.2 Å². The number of carbonyl (C=O) groups excluding carboxylic acids is 1. The van der Waals surface area contributed by atoms with Crippen molar-refractivity contribution in [1.29, 1.82) is 5.26 Å². The number of amides is 2. The first-order valence-corrected chi connectivity index (χ1v) is 9.57. The normalized spacial score (nSPS) is 22.6. The minimum Gasteiger partial charge on any atom is -0.491 e. The molecule has 2 N–H and O–H groups in total. The van der Waals surface area contributed by atoms with E-state index < -0.39 is 6.10 Å². The van der Waals surface area contributed by atoms with Gasteiger partial charge in [0, 0.05) is 32.7 Å². The number of urea groups is 1. The van der Waals surface area contributed by atoms with Crippen LogP contribution in [-0.4, -0.2) is 72.9 Å². The van der Waals surface area contributed by atoms with Crippen molar-refractivity contribution in [2.24, 2.45) is 11.8 Å². The predicted molar refractivity (Wildman–Crippen MR) is 105 cm³/mol. The number of benzene rings is 1. The van der Waals surface area contributed by atoms with Gasteiger partial charge in [0.1, 0.15) is 18.5 Å². The summed E-state index contributed by atoms with van der Waals surface area (Å²) in [7, 11) is 0. The van der Waals surface area contributed by atoms with Crippen molar-refractivity contribution in [3.05, 3.63) is 29.8 Å². The summed E-state index contributed by atoms with van der Waals surface area (Å²) in [6, 6.07) is 8.83. The number of nitrogens with one attached hydrogen (secondary N) is 1. The number of terminal acetylenes is 1. The van der Waals surface area contributed by atoms with Gasteiger partial charge in [0.2, 0.25) is 0 Å². The fourth-order valence-corrected chi connectivity index (χ4v) is 4.11. The summed E-state index contributed by atoms with van der Waals surface area (Å²) in [6.07, 6.45) is 5.73. The fraction of sp³-hybridized carbons (Fsp3) is 0.524. The molecule has 0 saturated carbocycles. The Labute approximate surface area is 165 Å². The molecule has 2 fully saturated rings. The third kappa shape index (κ3) is 5.39. The van der Waals surface area contributed by atoms with Gasteiger partial charge in [-0.2, -0.15) is 5.26 Å².